The molecule has 1 heterocycles. The summed E-state index contributed by atoms with van der Waals surface area (Å²) in [5.74, 6) is -1.67. The number of amides is 1. The third-order valence-corrected chi connectivity index (χ3v) is 5.75. The maximum Gasteiger partial charge on any atom is 0.268 e. The molecule has 0 atom stereocenters. The van der Waals surface area contributed by atoms with Gasteiger partial charge in [-0.3, -0.25) is 19.0 Å². The lowest BCUT2D eigenvalue weighted by Gasteiger charge is -2.32. The Morgan fingerprint density at radius 3 is 2.09 bits per heavy atom. The van der Waals surface area contributed by atoms with E-state index in [0.717, 1.165) is 0 Å². The van der Waals surface area contributed by atoms with Crippen LogP contribution >= 0.6 is 0 Å². The molecule has 1 amide bonds. The number of rotatable bonds is 3. The van der Waals surface area contributed by atoms with Crippen molar-refractivity contribution < 1.29 is 18.4 Å². The normalized spacial score (nSPS) is 14.7. The van der Waals surface area contributed by atoms with Crippen molar-refractivity contribution in [2.75, 3.05) is 11.9 Å². The number of pyridine rings is 1. The van der Waals surface area contributed by atoms with E-state index in [2.05, 4.69) is 0 Å². The monoisotopic (exact) mass is 436 g/mol. The Balaban J connectivity index is 1.94. The number of ketones is 1. The van der Waals surface area contributed by atoms with Gasteiger partial charge in [0, 0.05) is 36.6 Å². The van der Waals surface area contributed by atoms with Gasteiger partial charge < -0.3 is 4.90 Å². The Bertz CT molecular complexity index is 1280. The molecule has 7 heteroatoms. The predicted molar refractivity (Wildman–Crippen MR) is 118 cm³/mol. The first-order chi connectivity index (χ1) is 15.1. The number of anilines is 1. The zero-order chi connectivity index (χ0) is 23.2. The summed E-state index contributed by atoms with van der Waals surface area (Å²) < 4.78 is 28.0. The molecule has 4 rings (SSSR count). The molecular formula is C25H22F2N2O3. The number of hydrogen-bond donors (Lipinski definition) is 0. The molecule has 1 aliphatic carbocycles. The van der Waals surface area contributed by atoms with Crippen LogP contribution in [0, 0.1) is 17.0 Å². The first kappa shape index (κ1) is 21.6. The second-order valence-electron chi connectivity index (χ2n) is 8.83. The quantitative estimate of drug-likeness (QED) is 0.605. The van der Waals surface area contributed by atoms with Crippen molar-refractivity contribution in [1.29, 1.82) is 0 Å². The maximum absolute atomic E-state index is 13.5. The fourth-order valence-electron chi connectivity index (χ4n) is 4.11. The lowest BCUT2D eigenvalue weighted by molar-refractivity contribution is 0.0910. The minimum Gasteiger partial charge on any atom is -0.311 e. The third-order valence-electron chi connectivity index (χ3n) is 5.75. The van der Waals surface area contributed by atoms with Crippen LogP contribution in [0.25, 0.3) is 5.69 Å². The van der Waals surface area contributed by atoms with E-state index in [4.69, 9.17) is 0 Å². The maximum atomic E-state index is 13.5. The molecule has 0 saturated heterocycles. The minimum atomic E-state index is -0.597. The van der Waals surface area contributed by atoms with Crippen molar-refractivity contribution in [2.45, 2.75) is 26.7 Å². The number of Topliss-reactive ketones (excluding diaryl/α,β-unsaturated/α-hetero) is 1. The highest BCUT2D eigenvalue weighted by molar-refractivity contribution is 6.09. The number of fused-ring (bicyclic) bond motifs is 1. The fourth-order valence-corrected chi connectivity index (χ4v) is 4.11. The minimum absolute atomic E-state index is 0.111. The summed E-state index contributed by atoms with van der Waals surface area (Å²) in [6, 6.07) is 10.6. The zero-order valence-corrected chi connectivity index (χ0v) is 18.0. The number of hydrogen-bond acceptors (Lipinski definition) is 3. The van der Waals surface area contributed by atoms with Gasteiger partial charge in [-0.1, -0.05) is 13.8 Å². The van der Waals surface area contributed by atoms with Crippen LogP contribution in [0.2, 0.25) is 0 Å². The van der Waals surface area contributed by atoms with E-state index in [1.165, 1.54) is 71.2 Å². The van der Waals surface area contributed by atoms with Gasteiger partial charge in [0.25, 0.3) is 11.5 Å². The molecule has 0 unspecified atom stereocenters. The SMILES string of the molecule is CN(C(=O)c1c2c(cn(-c3ccc(F)cc3)c1=O)C(=O)CC(C)(C)C2)c1ccc(F)cc1. The van der Waals surface area contributed by atoms with E-state index in [0.29, 0.717) is 28.9 Å². The van der Waals surface area contributed by atoms with Gasteiger partial charge in [0.1, 0.15) is 17.2 Å². The highest BCUT2D eigenvalue weighted by Crippen LogP contribution is 2.36. The van der Waals surface area contributed by atoms with Gasteiger partial charge in [0.15, 0.2) is 5.78 Å². The molecule has 0 saturated carbocycles. The molecule has 0 fully saturated rings. The van der Waals surface area contributed by atoms with Crippen LogP contribution in [0.5, 0.6) is 0 Å². The number of halogens is 2. The molecular weight excluding hydrogens is 414 g/mol. The van der Waals surface area contributed by atoms with Crippen molar-refractivity contribution in [3.63, 3.8) is 0 Å². The standard InChI is InChI=1S/C25H22F2N2O3/c1-25(2)12-19-20(21(30)13-25)14-29(18-10-6-16(27)7-11-18)24(32)22(19)23(31)28(3)17-8-4-15(26)5-9-17/h4-11,14H,12-13H2,1-3H3. The first-order valence-corrected chi connectivity index (χ1v) is 10.2. The second kappa shape index (κ2) is 7.82. The number of nitrogens with zero attached hydrogens (tertiary/aromatic N) is 2. The highest BCUT2D eigenvalue weighted by atomic mass is 19.1. The number of aromatic nitrogens is 1. The molecule has 0 bridgehead atoms. The first-order valence-electron chi connectivity index (χ1n) is 10.2. The van der Waals surface area contributed by atoms with Gasteiger partial charge in [0.2, 0.25) is 0 Å². The molecule has 1 aliphatic rings. The number of benzene rings is 2. The molecule has 32 heavy (non-hydrogen) atoms. The topological polar surface area (TPSA) is 59.4 Å². The molecule has 0 N–H and O–H groups in total. The van der Waals surface area contributed by atoms with E-state index >= 15 is 0 Å². The van der Waals surface area contributed by atoms with Gasteiger partial charge in [-0.25, -0.2) is 8.78 Å². The summed E-state index contributed by atoms with van der Waals surface area (Å²) in [5.41, 5.74) is 0.345. The molecule has 0 aliphatic heterocycles. The largest absolute Gasteiger partial charge is 0.311 e. The lowest BCUT2D eigenvalue weighted by atomic mass is 9.73. The van der Waals surface area contributed by atoms with Gasteiger partial charge in [-0.15, -0.1) is 0 Å². The molecule has 0 radical (unpaired) electrons. The van der Waals surface area contributed by atoms with Crippen LogP contribution in [0.4, 0.5) is 14.5 Å². The van der Waals surface area contributed by atoms with Crippen molar-refractivity contribution in [3.05, 3.63) is 93.4 Å². The molecule has 1 aromatic heterocycles. The summed E-state index contributed by atoms with van der Waals surface area (Å²) in [5, 5.41) is 0. The number of carbonyl (C=O) groups excluding carboxylic acids is 2. The van der Waals surface area contributed by atoms with E-state index in [-0.39, 0.29) is 17.8 Å². The van der Waals surface area contributed by atoms with Crippen LogP contribution in [-0.4, -0.2) is 23.3 Å². The zero-order valence-electron chi connectivity index (χ0n) is 18.0. The van der Waals surface area contributed by atoms with Gasteiger partial charge >= 0.3 is 0 Å². The summed E-state index contributed by atoms with van der Waals surface area (Å²) in [6.07, 6.45) is 2.10. The summed E-state index contributed by atoms with van der Waals surface area (Å²) >= 11 is 0. The van der Waals surface area contributed by atoms with E-state index in [9.17, 15) is 23.2 Å². The molecule has 164 valence electrons. The second-order valence-corrected chi connectivity index (χ2v) is 8.83. The smallest absolute Gasteiger partial charge is 0.268 e. The van der Waals surface area contributed by atoms with Crippen molar-refractivity contribution in [3.8, 4) is 5.69 Å². The fraction of sp³-hybridized carbons (Fsp3) is 0.240. The Hall–Kier alpha value is -3.61. The third kappa shape index (κ3) is 3.86. The summed E-state index contributed by atoms with van der Waals surface area (Å²) in [6.45, 7) is 3.83. The van der Waals surface area contributed by atoms with Gasteiger partial charge in [-0.2, -0.15) is 0 Å². The van der Waals surface area contributed by atoms with E-state index in [1.807, 2.05) is 13.8 Å². The predicted octanol–water partition coefficient (Wildman–Crippen LogP) is 4.55. The Labute approximate surface area is 183 Å². The summed E-state index contributed by atoms with van der Waals surface area (Å²) in [7, 11) is 1.49. The average Bonchev–Trinajstić information content (AvgIpc) is 2.73. The van der Waals surface area contributed by atoms with Crippen molar-refractivity contribution in [2.24, 2.45) is 5.41 Å². The molecule has 5 nitrogen and oxygen atoms in total. The average molecular weight is 436 g/mol. The van der Waals surface area contributed by atoms with Crippen LogP contribution in [0.1, 0.15) is 46.5 Å². The van der Waals surface area contributed by atoms with E-state index in [1.54, 1.807) is 0 Å². The van der Waals surface area contributed by atoms with Crippen molar-refractivity contribution in [1.82, 2.24) is 4.57 Å². The summed E-state index contributed by atoms with van der Waals surface area (Å²) in [4.78, 5) is 41.3. The van der Waals surface area contributed by atoms with Crippen molar-refractivity contribution >= 4 is 17.4 Å². The van der Waals surface area contributed by atoms with Gasteiger partial charge in [-0.05, 0) is 65.9 Å². The molecule has 2 aromatic carbocycles. The Morgan fingerprint density at radius 2 is 1.50 bits per heavy atom. The molecule has 3 aromatic rings. The van der Waals surface area contributed by atoms with Crippen LogP contribution in [0.15, 0.2) is 59.5 Å². The lowest BCUT2D eigenvalue weighted by Crippen LogP contribution is -2.39. The molecule has 0 spiro atoms. The Kier molecular flexibility index (Phi) is 5.28. The Morgan fingerprint density at radius 1 is 0.938 bits per heavy atom. The van der Waals surface area contributed by atoms with Crippen LogP contribution in [0.3, 0.4) is 0 Å². The number of carbonyl (C=O) groups is 2. The van der Waals surface area contributed by atoms with Crippen LogP contribution in [-0.2, 0) is 6.42 Å². The van der Waals surface area contributed by atoms with E-state index < -0.39 is 28.5 Å². The van der Waals surface area contributed by atoms with Gasteiger partial charge in [0.05, 0.1) is 0 Å². The van der Waals surface area contributed by atoms with Crippen LogP contribution < -0.4 is 10.5 Å². The highest BCUT2D eigenvalue weighted by Gasteiger charge is 2.36.